The average Bonchev–Trinajstić information content (AvgIpc) is 3.20. The third kappa shape index (κ3) is 3.49. The Morgan fingerprint density at radius 1 is 1.21 bits per heavy atom. The van der Waals surface area contributed by atoms with Crippen molar-refractivity contribution in [1.82, 2.24) is 24.9 Å². The molecule has 2 aromatic heterocycles. The smallest absolute Gasteiger partial charge is 0.216 e. The van der Waals surface area contributed by atoms with E-state index < -0.39 is 0 Å². The van der Waals surface area contributed by atoms with Gasteiger partial charge in [0.2, 0.25) is 5.88 Å². The van der Waals surface area contributed by atoms with Crippen molar-refractivity contribution < 1.29 is 4.74 Å². The molecule has 0 spiro atoms. The molecule has 0 atom stereocenters. The van der Waals surface area contributed by atoms with E-state index in [0.717, 1.165) is 42.3 Å². The molecule has 3 aromatic rings. The fraction of sp³-hybridized carbons (Fsp3) is 0.333. The van der Waals surface area contributed by atoms with E-state index >= 15 is 0 Å². The molecule has 0 fully saturated rings. The fourth-order valence-electron chi connectivity index (χ4n) is 2.82. The normalized spacial score (nSPS) is 11.0. The van der Waals surface area contributed by atoms with Crippen LogP contribution in [0.5, 0.6) is 5.88 Å². The van der Waals surface area contributed by atoms with Crippen molar-refractivity contribution in [3.63, 3.8) is 0 Å². The Balaban J connectivity index is 1.52. The van der Waals surface area contributed by atoms with Gasteiger partial charge in [0.15, 0.2) is 0 Å². The number of hydrogen-bond acceptors (Lipinski definition) is 4. The van der Waals surface area contributed by atoms with Crippen LogP contribution in [0.25, 0.3) is 5.69 Å². The Labute approximate surface area is 142 Å². The first-order valence-electron chi connectivity index (χ1n) is 8.05. The van der Waals surface area contributed by atoms with E-state index in [4.69, 9.17) is 4.74 Å². The maximum absolute atomic E-state index is 5.41. The van der Waals surface area contributed by atoms with Crippen LogP contribution in [0.4, 0.5) is 0 Å². The second kappa shape index (κ2) is 7.31. The van der Waals surface area contributed by atoms with Crippen molar-refractivity contribution >= 4 is 0 Å². The van der Waals surface area contributed by atoms with Gasteiger partial charge in [-0.25, -0.2) is 9.36 Å². The molecular weight excluding hydrogens is 302 g/mol. The molecule has 1 aromatic carbocycles. The Bertz CT molecular complexity index is 775. The standard InChI is InChI=1S/C18H23N5O/c1-14-17(18(24-3)22(2)21-14)13-19-11-9-15-5-7-16(8-6-15)23-12-4-10-20-23/h4-8,10,12,19H,9,11,13H2,1-3H3. The number of ether oxygens (including phenoxy) is 1. The van der Waals surface area contributed by atoms with Crippen LogP contribution in [0.1, 0.15) is 16.8 Å². The molecule has 0 aliphatic heterocycles. The minimum atomic E-state index is 0.758. The van der Waals surface area contributed by atoms with Crippen LogP contribution in [0.2, 0.25) is 0 Å². The number of methoxy groups -OCH3 is 1. The van der Waals surface area contributed by atoms with Crippen LogP contribution in [0, 0.1) is 6.92 Å². The Morgan fingerprint density at radius 3 is 2.67 bits per heavy atom. The number of nitrogens with one attached hydrogen (secondary N) is 1. The van der Waals surface area contributed by atoms with Crippen LogP contribution in [0.15, 0.2) is 42.7 Å². The molecule has 0 saturated carbocycles. The van der Waals surface area contributed by atoms with Gasteiger partial charge >= 0.3 is 0 Å². The van der Waals surface area contributed by atoms with Gasteiger partial charge in [-0.3, -0.25) is 0 Å². The highest BCUT2D eigenvalue weighted by molar-refractivity contribution is 5.34. The molecule has 0 bridgehead atoms. The Morgan fingerprint density at radius 2 is 2.00 bits per heavy atom. The summed E-state index contributed by atoms with van der Waals surface area (Å²) in [6, 6.07) is 10.4. The summed E-state index contributed by atoms with van der Waals surface area (Å²) in [6.45, 7) is 3.67. The molecule has 0 radical (unpaired) electrons. The zero-order valence-corrected chi connectivity index (χ0v) is 14.4. The summed E-state index contributed by atoms with van der Waals surface area (Å²) in [5.41, 5.74) is 4.50. The highest BCUT2D eigenvalue weighted by atomic mass is 16.5. The number of aryl methyl sites for hydroxylation is 2. The quantitative estimate of drug-likeness (QED) is 0.677. The second-order valence-electron chi connectivity index (χ2n) is 5.74. The zero-order valence-electron chi connectivity index (χ0n) is 14.4. The predicted molar refractivity (Wildman–Crippen MR) is 93.5 cm³/mol. The lowest BCUT2D eigenvalue weighted by Gasteiger charge is -2.08. The molecule has 0 aliphatic carbocycles. The van der Waals surface area contributed by atoms with Crippen LogP contribution < -0.4 is 10.1 Å². The van der Waals surface area contributed by atoms with Gasteiger partial charge in [0.1, 0.15) is 0 Å². The van der Waals surface area contributed by atoms with Gasteiger partial charge < -0.3 is 10.1 Å². The van der Waals surface area contributed by atoms with E-state index in [1.165, 1.54) is 5.56 Å². The minimum absolute atomic E-state index is 0.758. The van der Waals surface area contributed by atoms with Crippen LogP contribution >= 0.6 is 0 Å². The van der Waals surface area contributed by atoms with Gasteiger partial charge in [0.25, 0.3) is 0 Å². The molecule has 24 heavy (non-hydrogen) atoms. The summed E-state index contributed by atoms with van der Waals surface area (Å²) in [5, 5.41) is 12.1. The maximum Gasteiger partial charge on any atom is 0.216 e. The fourth-order valence-corrected chi connectivity index (χ4v) is 2.82. The summed E-state index contributed by atoms with van der Waals surface area (Å²) >= 11 is 0. The van der Waals surface area contributed by atoms with E-state index in [1.54, 1.807) is 18.0 Å². The van der Waals surface area contributed by atoms with Crippen molar-refractivity contribution in [2.45, 2.75) is 19.9 Å². The first-order chi connectivity index (χ1) is 11.7. The zero-order chi connectivity index (χ0) is 16.9. The van der Waals surface area contributed by atoms with Gasteiger partial charge in [0, 0.05) is 26.0 Å². The van der Waals surface area contributed by atoms with Crippen molar-refractivity contribution in [2.75, 3.05) is 13.7 Å². The third-order valence-corrected chi connectivity index (χ3v) is 4.08. The molecule has 0 saturated heterocycles. The first-order valence-corrected chi connectivity index (χ1v) is 8.05. The van der Waals surface area contributed by atoms with Gasteiger partial charge in [-0.2, -0.15) is 10.2 Å². The maximum atomic E-state index is 5.41. The summed E-state index contributed by atoms with van der Waals surface area (Å²) in [4.78, 5) is 0. The number of hydrogen-bond donors (Lipinski definition) is 1. The van der Waals surface area contributed by atoms with E-state index in [9.17, 15) is 0 Å². The van der Waals surface area contributed by atoms with E-state index in [-0.39, 0.29) is 0 Å². The van der Waals surface area contributed by atoms with Gasteiger partial charge in [-0.05, 0) is 43.7 Å². The first kappa shape index (κ1) is 16.3. The molecular formula is C18H23N5O. The summed E-state index contributed by atoms with van der Waals surface area (Å²) in [6.07, 6.45) is 4.70. The van der Waals surface area contributed by atoms with Crippen LogP contribution in [0.3, 0.4) is 0 Å². The van der Waals surface area contributed by atoms with Crippen molar-refractivity contribution in [3.8, 4) is 11.6 Å². The molecule has 2 heterocycles. The third-order valence-electron chi connectivity index (χ3n) is 4.08. The average molecular weight is 325 g/mol. The van der Waals surface area contributed by atoms with E-state index in [1.807, 2.05) is 30.9 Å². The molecule has 6 heteroatoms. The van der Waals surface area contributed by atoms with Gasteiger partial charge in [0.05, 0.1) is 24.1 Å². The van der Waals surface area contributed by atoms with E-state index in [0.29, 0.717) is 0 Å². The molecule has 3 rings (SSSR count). The van der Waals surface area contributed by atoms with E-state index in [2.05, 4.69) is 39.8 Å². The monoisotopic (exact) mass is 325 g/mol. The highest BCUT2D eigenvalue weighted by Crippen LogP contribution is 2.20. The molecule has 0 unspecified atom stereocenters. The number of nitrogens with zero attached hydrogens (tertiary/aromatic N) is 4. The van der Waals surface area contributed by atoms with Crippen molar-refractivity contribution in [1.29, 1.82) is 0 Å². The number of benzene rings is 1. The molecule has 0 aliphatic rings. The predicted octanol–water partition coefficient (Wildman–Crippen LogP) is 2.26. The summed E-state index contributed by atoms with van der Waals surface area (Å²) < 4.78 is 9.05. The van der Waals surface area contributed by atoms with Gasteiger partial charge in [-0.15, -0.1) is 0 Å². The van der Waals surface area contributed by atoms with Crippen LogP contribution in [-0.4, -0.2) is 33.2 Å². The molecule has 1 N–H and O–H groups in total. The second-order valence-corrected chi connectivity index (χ2v) is 5.74. The highest BCUT2D eigenvalue weighted by Gasteiger charge is 2.12. The van der Waals surface area contributed by atoms with Crippen LogP contribution in [-0.2, 0) is 20.0 Å². The topological polar surface area (TPSA) is 56.9 Å². The number of rotatable bonds is 7. The molecule has 6 nitrogen and oxygen atoms in total. The summed E-state index contributed by atoms with van der Waals surface area (Å²) in [5.74, 6) is 0.823. The molecule has 0 amide bonds. The Hall–Kier alpha value is -2.60. The molecule has 126 valence electrons. The summed E-state index contributed by atoms with van der Waals surface area (Å²) in [7, 11) is 3.58. The lowest BCUT2D eigenvalue weighted by atomic mass is 10.1. The van der Waals surface area contributed by atoms with Gasteiger partial charge in [-0.1, -0.05) is 12.1 Å². The minimum Gasteiger partial charge on any atom is -0.481 e. The lowest BCUT2D eigenvalue weighted by Crippen LogP contribution is -2.17. The SMILES string of the molecule is COc1c(CNCCc2ccc(-n3cccn3)cc2)c(C)nn1C. The number of aromatic nitrogens is 4. The van der Waals surface area contributed by atoms with Crippen molar-refractivity contribution in [3.05, 3.63) is 59.5 Å². The largest absolute Gasteiger partial charge is 0.481 e. The lowest BCUT2D eigenvalue weighted by molar-refractivity contribution is 0.368. The Kier molecular flexibility index (Phi) is 4.96. The van der Waals surface area contributed by atoms with Crippen molar-refractivity contribution in [2.24, 2.45) is 7.05 Å².